The molecule has 51 heavy (non-hydrogen) atoms. The van der Waals surface area contributed by atoms with Crippen LogP contribution in [0, 0.1) is 55.7 Å². The van der Waals surface area contributed by atoms with Crippen molar-refractivity contribution in [3.05, 3.63) is 41.5 Å². The predicted octanol–water partition coefficient (Wildman–Crippen LogP) is 9.24. The number of anilines is 1. The molecule has 1 aromatic rings. The molecule has 0 saturated heterocycles. The van der Waals surface area contributed by atoms with Crippen molar-refractivity contribution in [1.82, 2.24) is 0 Å². The molecule has 0 unspecified atom stereocenters. The maximum Gasteiger partial charge on any atom is 0.309 e. The first-order chi connectivity index (χ1) is 23.6. The second-order valence-electron chi connectivity index (χ2n) is 19.9. The van der Waals surface area contributed by atoms with Gasteiger partial charge in [-0.15, -0.1) is 0 Å². The Morgan fingerprint density at radius 2 is 1.57 bits per heavy atom. The summed E-state index contributed by atoms with van der Waals surface area (Å²) >= 11 is 0. The van der Waals surface area contributed by atoms with Gasteiger partial charge in [0, 0.05) is 29.5 Å². The number of ketones is 1. The zero-order chi connectivity index (χ0) is 37.6. The van der Waals surface area contributed by atoms with Crippen LogP contribution < -0.4 is 5.32 Å². The molecule has 1 aromatic carbocycles. The Labute approximate surface area is 306 Å². The lowest BCUT2D eigenvalue weighted by Crippen LogP contribution is -2.68. The number of benzene rings is 1. The van der Waals surface area contributed by atoms with Crippen LogP contribution in [0.5, 0.6) is 0 Å². The minimum absolute atomic E-state index is 0.0243. The fourth-order valence-corrected chi connectivity index (χ4v) is 13.4. The van der Waals surface area contributed by atoms with Gasteiger partial charge in [0.15, 0.2) is 5.78 Å². The Hall–Kier alpha value is -2.67. The van der Waals surface area contributed by atoms with Crippen molar-refractivity contribution in [3.8, 4) is 0 Å². The van der Waals surface area contributed by atoms with Crippen molar-refractivity contribution >= 4 is 23.4 Å². The predicted molar refractivity (Wildman–Crippen MR) is 201 cm³/mol. The SMILES string of the molecule is CC(C)C1=C2[C@@]([C@H](O)CNc3ccccc3)(CC[C@]3(C)[C@]2(C)CC[C@@H]2[C@@]4(C)CC[C@H](OC(=O)CC(C)(C)C(=O)O)C(C)(C)[C@@H]4CC[C@]23C)CC1=O. The van der Waals surface area contributed by atoms with E-state index >= 15 is 0 Å². The molecule has 4 fully saturated rings. The Balaban J connectivity index is 1.32. The van der Waals surface area contributed by atoms with Crippen molar-refractivity contribution in [2.75, 3.05) is 11.9 Å². The molecule has 5 aliphatic carbocycles. The number of para-hydroxylation sites is 1. The highest BCUT2D eigenvalue weighted by Gasteiger charge is 2.74. The summed E-state index contributed by atoms with van der Waals surface area (Å²) < 4.78 is 6.17. The van der Waals surface area contributed by atoms with E-state index < -0.39 is 28.9 Å². The molecule has 0 bridgehead atoms. The lowest BCUT2D eigenvalue weighted by atomic mass is 9.29. The van der Waals surface area contributed by atoms with Crippen LogP contribution in [0.1, 0.15) is 133 Å². The van der Waals surface area contributed by atoms with Gasteiger partial charge in [0.1, 0.15) is 6.10 Å². The summed E-state index contributed by atoms with van der Waals surface area (Å²) in [7, 11) is 0. The monoisotopic (exact) mass is 703 g/mol. The molecule has 0 amide bonds. The molecule has 6 rings (SSSR count). The number of allylic oxidation sites excluding steroid dienone is 1. The third-order valence-corrected chi connectivity index (χ3v) is 16.5. The molecule has 4 saturated carbocycles. The quantitative estimate of drug-likeness (QED) is 0.220. The summed E-state index contributed by atoms with van der Waals surface area (Å²) in [6, 6.07) is 10.0. The van der Waals surface area contributed by atoms with E-state index in [0.29, 0.717) is 24.8 Å². The number of nitrogens with one attached hydrogen (secondary N) is 1. The van der Waals surface area contributed by atoms with Crippen LogP contribution in [0.25, 0.3) is 0 Å². The lowest BCUT2D eigenvalue weighted by molar-refractivity contribution is -0.251. The summed E-state index contributed by atoms with van der Waals surface area (Å²) in [6.45, 7) is 22.5. The van der Waals surface area contributed by atoms with Gasteiger partial charge in [-0.05, 0) is 128 Å². The third-order valence-electron chi connectivity index (χ3n) is 16.5. The number of aliphatic hydroxyl groups excluding tert-OH is 1. The third kappa shape index (κ3) is 5.47. The fraction of sp³-hybridized carbons (Fsp3) is 0.750. The van der Waals surface area contributed by atoms with Crippen LogP contribution in [0.4, 0.5) is 5.69 Å². The molecular weight excluding hydrogens is 638 g/mol. The molecule has 0 heterocycles. The fourth-order valence-electron chi connectivity index (χ4n) is 13.4. The molecule has 5 aliphatic rings. The van der Waals surface area contributed by atoms with E-state index in [2.05, 4.69) is 60.7 Å². The number of carbonyl (C=O) groups is 3. The van der Waals surface area contributed by atoms with Gasteiger partial charge in [0.25, 0.3) is 0 Å². The number of carboxylic acid groups (broad SMARTS) is 1. The summed E-state index contributed by atoms with van der Waals surface area (Å²) in [5, 5.41) is 25.3. The van der Waals surface area contributed by atoms with E-state index in [-0.39, 0.29) is 51.3 Å². The van der Waals surface area contributed by atoms with E-state index in [0.717, 1.165) is 62.6 Å². The number of carboxylic acids is 1. The molecule has 0 aromatic heterocycles. The second kappa shape index (κ2) is 12.5. The highest BCUT2D eigenvalue weighted by molar-refractivity contribution is 6.01. The van der Waals surface area contributed by atoms with Crippen molar-refractivity contribution < 1.29 is 29.3 Å². The van der Waals surface area contributed by atoms with Gasteiger partial charge in [0.2, 0.25) is 0 Å². The van der Waals surface area contributed by atoms with Gasteiger partial charge >= 0.3 is 11.9 Å². The molecule has 9 atom stereocenters. The average Bonchev–Trinajstić information content (AvgIpc) is 3.37. The van der Waals surface area contributed by atoms with Crippen LogP contribution >= 0.6 is 0 Å². The first-order valence-electron chi connectivity index (χ1n) is 19.8. The highest BCUT2D eigenvalue weighted by Crippen LogP contribution is 2.80. The molecule has 282 valence electrons. The number of ether oxygens (including phenoxy) is 1. The van der Waals surface area contributed by atoms with E-state index in [1.54, 1.807) is 13.8 Å². The molecule has 0 spiro atoms. The maximum absolute atomic E-state index is 14.1. The first kappa shape index (κ1) is 38.1. The van der Waals surface area contributed by atoms with Crippen LogP contribution in [0.15, 0.2) is 41.5 Å². The number of hydrogen-bond acceptors (Lipinski definition) is 6. The average molecular weight is 704 g/mol. The van der Waals surface area contributed by atoms with Gasteiger partial charge < -0.3 is 20.3 Å². The molecule has 0 radical (unpaired) electrons. The van der Waals surface area contributed by atoms with Crippen LogP contribution in [-0.2, 0) is 19.1 Å². The van der Waals surface area contributed by atoms with Crippen LogP contribution in [-0.4, -0.2) is 46.7 Å². The molecule has 7 nitrogen and oxygen atoms in total. The second-order valence-corrected chi connectivity index (χ2v) is 19.9. The summed E-state index contributed by atoms with van der Waals surface area (Å²) in [6.07, 6.45) is 7.07. The number of aliphatic hydroxyl groups is 1. The zero-order valence-electron chi connectivity index (χ0n) is 33.1. The topological polar surface area (TPSA) is 113 Å². The van der Waals surface area contributed by atoms with Crippen LogP contribution in [0.2, 0.25) is 0 Å². The standard InChI is InChI=1S/C44H65NO6/c1-27(2)35-29(46)24-44(32(47)26-45-28-14-12-11-13-15-28)23-22-43(10)41(8)20-16-30-39(5,6)33(51-34(48)25-38(3,4)37(49)50)18-19-40(30,7)31(41)17-21-42(43,9)36(35)44/h11-15,27,30-33,45,47H,16-26H2,1-10H3,(H,49,50)/t30-,31+,32+,33-,40-,41+,42+,43-,44-/m0/s1. The summed E-state index contributed by atoms with van der Waals surface area (Å²) in [5.74, 6) is -0.244. The van der Waals surface area contributed by atoms with E-state index in [9.17, 15) is 24.6 Å². The number of rotatable bonds is 9. The minimum Gasteiger partial charge on any atom is -0.481 e. The lowest BCUT2D eigenvalue weighted by Gasteiger charge is -2.75. The summed E-state index contributed by atoms with van der Waals surface area (Å²) in [5.41, 5.74) is 1.06. The maximum atomic E-state index is 14.1. The van der Waals surface area contributed by atoms with Crippen molar-refractivity contribution in [3.63, 3.8) is 0 Å². The van der Waals surface area contributed by atoms with Gasteiger partial charge in [-0.1, -0.05) is 73.6 Å². The largest absolute Gasteiger partial charge is 0.481 e. The number of Topliss-reactive ketones (excluding diaryl/α,β-unsaturated/α-hetero) is 1. The minimum atomic E-state index is -1.16. The van der Waals surface area contributed by atoms with Gasteiger partial charge in [-0.2, -0.15) is 0 Å². The Bertz CT molecular complexity index is 1600. The smallest absolute Gasteiger partial charge is 0.309 e. The molecule has 3 N–H and O–H groups in total. The van der Waals surface area contributed by atoms with Gasteiger partial charge in [-0.25, -0.2) is 0 Å². The Morgan fingerprint density at radius 3 is 2.20 bits per heavy atom. The van der Waals surface area contributed by atoms with E-state index in [1.165, 1.54) is 5.57 Å². The number of hydrogen-bond donors (Lipinski definition) is 3. The normalized spacial score (nSPS) is 39.4. The van der Waals surface area contributed by atoms with Gasteiger partial charge in [-0.3, -0.25) is 14.4 Å². The number of fused-ring (bicyclic) bond motifs is 7. The van der Waals surface area contributed by atoms with E-state index in [4.69, 9.17) is 4.74 Å². The zero-order valence-corrected chi connectivity index (χ0v) is 33.1. The first-order valence-corrected chi connectivity index (χ1v) is 19.8. The number of esters is 1. The van der Waals surface area contributed by atoms with E-state index in [1.807, 2.05) is 30.3 Å². The van der Waals surface area contributed by atoms with Crippen molar-refractivity contribution in [1.29, 1.82) is 0 Å². The highest BCUT2D eigenvalue weighted by atomic mass is 16.5. The van der Waals surface area contributed by atoms with Crippen molar-refractivity contribution in [2.24, 2.45) is 55.7 Å². The van der Waals surface area contributed by atoms with Crippen LogP contribution in [0.3, 0.4) is 0 Å². The molecule has 7 heteroatoms. The molecule has 0 aliphatic heterocycles. The van der Waals surface area contributed by atoms with Crippen molar-refractivity contribution in [2.45, 2.75) is 146 Å². The summed E-state index contributed by atoms with van der Waals surface area (Å²) in [4.78, 5) is 39.0. The number of aliphatic carboxylic acids is 1. The Kier molecular flexibility index (Phi) is 9.29. The molecular formula is C44H65NO6. The number of carbonyl (C=O) groups excluding carboxylic acids is 2. The Morgan fingerprint density at radius 1 is 0.922 bits per heavy atom. The van der Waals surface area contributed by atoms with Gasteiger partial charge in [0.05, 0.1) is 17.9 Å².